The van der Waals surface area contributed by atoms with Gasteiger partial charge in [-0.3, -0.25) is 10.2 Å². The minimum absolute atomic E-state index is 0.492. The van der Waals surface area contributed by atoms with Gasteiger partial charge in [-0.15, -0.1) is 0 Å². The number of likely N-dealkylation sites (tertiary alicyclic amines) is 1. The summed E-state index contributed by atoms with van der Waals surface area (Å²) in [6.07, 6.45) is 3.43. The standard InChI is InChI=1S/C18H22N2O3S/c21-18(19-15-8-13-24-14-15)23-17-6-4-16(5-7-17)22-12-11-20-9-2-1-3-10-20/h4-8,13-14H,1-3,9-12H2,(H,19,21). The maximum atomic E-state index is 11.7. The summed E-state index contributed by atoms with van der Waals surface area (Å²) in [6, 6.07) is 8.95. The van der Waals surface area contributed by atoms with Gasteiger partial charge in [-0.05, 0) is 61.6 Å². The highest BCUT2D eigenvalue weighted by molar-refractivity contribution is 7.08. The molecule has 2 aromatic rings. The van der Waals surface area contributed by atoms with Gasteiger partial charge in [-0.1, -0.05) is 6.42 Å². The van der Waals surface area contributed by atoms with Crippen LogP contribution in [0.4, 0.5) is 10.5 Å². The molecule has 6 heteroatoms. The van der Waals surface area contributed by atoms with E-state index in [2.05, 4.69) is 10.2 Å². The Labute approximate surface area is 146 Å². The molecule has 1 amide bonds. The Morgan fingerprint density at radius 3 is 2.54 bits per heavy atom. The van der Waals surface area contributed by atoms with E-state index in [0.717, 1.165) is 18.0 Å². The molecular weight excluding hydrogens is 324 g/mol. The molecule has 24 heavy (non-hydrogen) atoms. The van der Waals surface area contributed by atoms with Gasteiger partial charge < -0.3 is 9.47 Å². The number of rotatable bonds is 6. The van der Waals surface area contributed by atoms with Crippen molar-refractivity contribution in [3.05, 3.63) is 41.1 Å². The van der Waals surface area contributed by atoms with Crippen molar-refractivity contribution in [2.24, 2.45) is 0 Å². The lowest BCUT2D eigenvalue weighted by molar-refractivity contribution is 0.183. The number of carbonyl (C=O) groups is 1. The zero-order valence-corrected chi connectivity index (χ0v) is 14.4. The van der Waals surface area contributed by atoms with Crippen molar-refractivity contribution < 1.29 is 14.3 Å². The minimum Gasteiger partial charge on any atom is -0.492 e. The SMILES string of the molecule is O=C(Nc1ccsc1)Oc1ccc(OCCN2CCCCC2)cc1. The number of thiophene rings is 1. The van der Waals surface area contributed by atoms with Crippen LogP contribution in [0, 0.1) is 0 Å². The Morgan fingerprint density at radius 2 is 1.83 bits per heavy atom. The van der Waals surface area contributed by atoms with Gasteiger partial charge in [-0.2, -0.15) is 11.3 Å². The van der Waals surface area contributed by atoms with Crippen LogP contribution < -0.4 is 14.8 Å². The van der Waals surface area contributed by atoms with Gasteiger partial charge >= 0.3 is 6.09 Å². The fourth-order valence-electron chi connectivity index (χ4n) is 2.67. The lowest BCUT2D eigenvalue weighted by Crippen LogP contribution is -2.33. The van der Waals surface area contributed by atoms with Crippen molar-refractivity contribution in [1.82, 2.24) is 4.90 Å². The Balaban J connectivity index is 1.40. The lowest BCUT2D eigenvalue weighted by Gasteiger charge is -2.26. The molecule has 1 aromatic heterocycles. The number of nitrogens with one attached hydrogen (secondary N) is 1. The van der Waals surface area contributed by atoms with Gasteiger partial charge in [-0.25, -0.2) is 4.79 Å². The first-order valence-electron chi connectivity index (χ1n) is 8.26. The number of hydrogen-bond acceptors (Lipinski definition) is 5. The van der Waals surface area contributed by atoms with E-state index in [1.807, 2.05) is 29.0 Å². The third-order valence-corrected chi connectivity index (χ3v) is 4.61. The quantitative estimate of drug-likeness (QED) is 0.851. The highest BCUT2D eigenvalue weighted by Gasteiger charge is 2.10. The summed E-state index contributed by atoms with van der Waals surface area (Å²) in [6.45, 7) is 3.99. The minimum atomic E-state index is -0.493. The Hall–Kier alpha value is -2.05. The number of hydrogen-bond donors (Lipinski definition) is 1. The van der Waals surface area contributed by atoms with E-state index >= 15 is 0 Å². The molecule has 5 nitrogen and oxygen atoms in total. The number of carbonyl (C=O) groups excluding carboxylic acids is 1. The molecule has 0 bridgehead atoms. The van der Waals surface area contributed by atoms with Crippen LogP contribution in [0.15, 0.2) is 41.1 Å². The van der Waals surface area contributed by atoms with E-state index in [-0.39, 0.29) is 0 Å². The largest absolute Gasteiger partial charge is 0.492 e. The summed E-state index contributed by atoms with van der Waals surface area (Å²) in [5.74, 6) is 1.28. The monoisotopic (exact) mass is 346 g/mol. The van der Waals surface area contributed by atoms with Crippen molar-refractivity contribution in [1.29, 1.82) is 0 Å². The average molecular weight is 346 g/mol. The van der Waals surface area contributed by atoms with E-state index in [0.29, 0.717) is 12.4 Å². The molecule has 0 aliphatic carbocycles. The average Bonchev–Trinajstić information content (AvgIpc) is 3.10. The van der Waals surface area contributed by atoms with Crippen molar-refractivity contribution in [2.45, 2.75) is 19.3 Å². The molecule has 0 spiro atoms. The van der Waals surface area contributed by atoms with E-state index in [1.165, 1.54) is 43.7 Å². The van der Waals surface area contributed by atoms with Crippen molar-refractivity contribution in [2.75, 3.05) is 31.6 Å². The van der Waals surface area contributed by atoms with E-state index in [1.54, 1.807) is 12.1 Å². The predicted molar refractivity (Wildman–Crippen MR) is 96.2 cm³/mol. The fraction of sp³-hybridized carbons (Fsp3) is 0.389. The fourth-order valence-corrected chi connectivity index (χ4v) is 3.25. The normalized spacial score (nSPS) is 15.0. The van der Waals surface area contributed by atoms with Crippen LogP contribution in [0.1, 0.15) is 19.3 Å². The lowest BCUT2D eigenvalue weighted by atomic mass is 10.1. The first-order valence-corrected chi connectivity index (χ1v) is 9.20. The van der Waals surface area contributed by atoms with Crippen LogP contribution in [-0.4, -0.2) is 37.2 Å². The molecular formula is C18H22N2O3S. The van der Waals surface area contributed by atoms with Crippen molar-refractivity contribution in [3.8, 4) is 11.5 Å². The van der Waals surface area contributed by atoms with Gasteiger partial charge in [0.05, 0.1) is 5.69 Å². The van der Waals surface area contributed by atoms with Crippen LogP contribution in [0.2, 0.25) is 0 Å². The smallest absolute Gasteiger partial charge is 0.417 e. The number of nitrogens with zero attached hydrogens (tertiary/aromatic N) is 1. The first kappa shape index (κ1) is 16.8. The summed E-state index contributed by atoms with van der Waals surface area (Å²) < 4.78 is 11.0. The molecule has 2 heterocycles. The summed E-state index contributed by atoms with van der Waals surface area (Å²) >= 11 is 1.52. The van der Waals surface area contributed by atoms with Crippen LogP contribution in [0.3, 0.4) is 0 Å². The maximum Gasteiger partial charge on any atom is 0.417 e. The highest BCUT2D eigenvalue weighted by atomic mass is 32.1. The van der Waals surface area contributed by atoms with Crippen molar-refractivity contribution in [3.63, 3.8) is 0 Å². The van der Waals surface area contributed by atoms with E-state index < -0.39 is 6.09 Å². The summed E-state index contributed by atoms with van der Waals surface area (Å²) in [5, 5.41) is 6.41. The zero-order chi connectivity index (χ0) is 16.6. The number of anilines is 1. The third-order valence-electron chi connectivity index (χ3n) is 3.93. The summed E-state index contributed by atoms with van der Waals surface area (Å²) in [4.78, 5) is 14.2. The number of ether oxygens (including phenoxy) is 2. The molecule has 1 fully saturated rings. The highest BCUT2D eigenvalue weighted by Crippen LogP contribution is 2.19. The van der Waals surface area contributed by atoms with Crippen LogP contribution in [0.25, 0.3) is 0 Å². The molecule has 1 aromatic carbocycles. The van der Waals surface area contributed by atoms with Crippen molar-refractivity contribution >= 4 is 23.1 Å². The second-order valence-corrected chi connectivity index (χ2v) is 6.53. The Kier molecular flexibility index (Phi) is 6.09. The van der Waals surface area contributed by atoms with E-state index in [9.17, 15) is 4.79 Å². The molecule has 0 radical (unpaired) electrons. The first-order chi connectivity index (χ1) is 11.8. The van der Waals surface area contributed by atoms with Crippen LogP contribution >= 0.6 is 11.3 Å². The number of piperidine rings is 1. The molecule has 1 N–H and O–H groups in total. The molecule has 128 valence electrons. The molecule has 1 aliphatic heterocycles. The molecule has 1 aliphatic rings. The topological polar surface area (TPSA) is 50.8 Å². The predicted octanol–water partition coefficient (Wildman–Crippen LogP) is 4.22. The van der Waals surface area contributed by atoms with Gasteiger partial charge in [0.15, 0.2) is 0 Å². The zero-order valence-electron chi connectivity index (χ0n) is 13.6. The Bertz CT molecular complexity index is 622. The summed E-state index contributed by atoms with van der Waals surface area (Å²) in [7, 11) is 0. The summed E-state index contributed by atoms with van der Waals surface area (Å²) in [5.41, 5.74) is 0.739. The van der Waals surface area contributed by atoms with Gasteiger partial charge in [0.2, 0.25) is 0 Å². The molecule has 0 atom stereocenters. The second kappa shape index (κ2) is 8.70. The van der Waals surface area contributed by atoms with Gasteiger partial charge in [0.1, 0.15) is 18.1 Å². The third kappa shape index (κ3) is 5.25. The number of benzene rings is 1. The second-order valence-electron chi connectivity index (χ2n) is 5.75. The maximum absolute atomic E-state index is 11.7. The molecule has 3 rings (SSSR count). The van der Waals surface area contributed by atoms with Crippen LogP contribution in [-0.2, 0) is 0 Å². The van der Waals surface area contributed by atoms with Gasteiger partial charge in [0, 0.05) is 11.9 Å². The molecule has 1 saturated heterocycles. The molecule has 0 saturated carbocycles. The van der Waals surface area contributed by atoms with Crippen LogP contribution in [0.5, 0.6) is 11.5 Å². The van der Waals surface area contributed by atoms with Gasteiger partial charge in [0.25, 0.3) is 0 Å². The number of amides is 1. The molecule has 0 unspecified atom stereocenters. The Morgan fingerprint density at radius 1 is 1.08 bits per heavy atom. The van der Waals surface area contributed by atoms with E-state index in [4.69, 9.17) is 9.47 Å².